The van der Waals surface area contributed by atoms with Crippen LogP contribution in [0.25, 0.3) is 10.9 Å². The van der Waals surface area contributed by atoms with Crippen molar-refractivity contribution in [3.63, 3.8) is 0 Å². The van der Waals surface area contributed by atoms with Crippen molar-refractivity contribution in [1.29, 1.82) is 0 Å². The van der Waals surface area contributed by atoms with E-state index in [1.165, 1.54) is 0 Å². The quantitative estimate of drug-likeness (QED) is 0.699. The van der Waals surface area contributed by atoms with Crippen molar-refractivity contribution in [2.75, 3.05) is 0 Å². The zero-order chi connectivity index (χ0) is 17.0. The summed E-state index contributed by atoms with van der Waals surface area (Å²) in [6, 6.07) is 7.69. The van der Waals surface area contributed by atoms with Gasteiger partial charge in [0, 0.05) is 22.7 Å². The maximum atomic E-state index is 11.4. The van der Waals surface area contributed by atoms with Crippen LogP contribution >= 0.6 is 0 Å². The number of aromatic nitrogens is 1. The monoisotopic (exact) mass is 314 g/mol. The van der Waals surface area contributed by atoms with Gasteiger partial charge in [0.25, 0.3) is 0 Å². The first-order valence-corrected chi connectivity index (χ1v) is 7.80. The van der Waals surface area contributed by atoms with Gasteiger partial charge in [-0.2, -0.15) is 0 Å². The molecule has 1 aliphatic heterocycles. The topological polar surface area (TPSA) is 66.5 Å². The second-order valence-corrected chi connectivity index (χ2v) is 7.40. The number of nitrogens with zero attached hydrogens (tertiary/aromatic N) is 1. The van der Waals surface area contributed by atoms with Crippen molar-refractivity contribution < 1.29 is 14.1 Å². The number of benzene rings is 1. The minimum Gasteiger partial charge on any atom is -0.401 e. The van der Waals surface area contributed by atoms with Gasteiger partial charge in [-0.1, -0.05) is 18.2 Å². The summed E-state index contributed by atoms with van der Waals surface area (Å²) in [5, 5.41) is 0.871. The molecule has 0 saturated carbocycles. The van der Waals surface area contributed by atoms with Crippen LogP contribution in [-0.2, 0) is 14.9 Å². The summed E-state index contributed by atoms with van der Waals surface area (Å²) in [6.45, 7) is 9.83. The van der Waals surface area contributed by atoms with Crippen LogP contribution < -0.4 is 5.73 Å². The summed E-state index contributed by atoms with van der Waals surface area (Å²) in [5.41, 5.74) is 6.23. The molecule has 0 unspecified atom stereocenters. The third-order valence-electron chi connectivity index (χ3n) is 5.12. The maximum absolute atomic E-state index is 11.4. The van der Waals surface area contributed by atoms with Gasteiger partial charge in [-0.25, -0.2) is 0 Å². The molecule has 122 valence electrons. The maximum Gasteiger partial charge on any atom is 0.501 e. The summed E-state index contributed by atoms with van der Waals surface area (Å²) >= 11 is 0. The molecular formula is C17H23BN2O3. The molecule has 1 atom stereocenters. The van der Waals surface area contributed by atoms with E-state index in [-0.39, 0.29) is 0 Å². The first kappa shape index (κ1) is 16.2. The molecule has 2 aromatic rings. The van der Waals surface area contributed by atoms with E-state index < -0.39 is 23.9 Å². The predicted octanol–water partition coefficient (Wildman–Crippen LogP) is 2.72. The van der Waals surface area contributed by atoms with Crippen LogP contribution in [0.3, 0.4) is 0 Å². The van der Waals surface area contributed by atoms with Crippen LogP contribution in [0, 0.1) is 0 Å². The molecule has 2 heterocycles. The average molecular weight is 314 g/mol. The average Bonchev–Trinajstić information content (AvgIpc) is 2.95. The summed E-state index contributed by atoms with van der Waals surface area (Å²) in [7, 11) is -0.622. The lowest BCUT2D eigenvalue weighted by Gasteiger charge is -2.32. The summed E-state index contributed by atoms with van der Waals surface area (Å²) in [6.07, 6.45) is 2.61. The molecule has 0 aliphatic carbocycles. The van der Waals surface area contributed by atoms with Gasteiger partial charge in [-0.3, -0.25) is 4.79 Å². The highest BCUT2D eigenvalue weighted by molar-refractivity contribution is 6.48. The second kappa shape index (κ2) is 4.93. The molecule has 5 nitrogen and oxygen atoms in total. The Morgan fingerprint density at radius 3 is 2.30 bits per heavy atom. The SMILES string of the molecule is CC1(C)OB([C@](C)(N)n2cc(C=O)c3ccccc32)OC1(C)C. The number of aldehydes is 1. The van der Waals surface area contributed by atoms with Crippen LogP contribution in [0.4, 0.5) is 0 Å². The predicted molar refractivity (Wildman–Crippen MR) is 91.2 cm³/mol. The Hall–Kier alpha value is -1.63. The summed E-state index contributed by atoms with van der Waals surface area (Å²) < 4.78 is 14.1. The molecular weight excluding hydrogens is 291 g/mol. The summed E-state index contributed by atoms with van der Waals surface area (Å²) in [5.74, 6) is 0. The Kier molecular flexibility index (Phi) is 3.48. The molecule has 1 aliphatic rings. The first-order valence-electron chi connectivity index (χ1n) is 7.80. The van der Waals surface area contributed by atoms with E-state index in [1.807, 2.05) is 63.5 Å². The number of hydrogen-bond donors (Lipinski definition) is 1. The molecule has 0 spiro atoms. The van der Waals surface area contributed by atoms with E-state index >= 15 is 0 Å². The number of carbonyl (C=O) groups excluding carboxylic acids is 1. The number of carbonyl (C=O) groups is 1. The van der Waals surface area contributed by atoms with E-state index in [4.69, 9.17) is 15.0 Å². The molecule has 23 heavy (non-hydrogen) atoms. The summed E-state index contributed by atoms with van der Waals surface area (Å²) in [4.78, 5) is 11.4. The number of rotatable bonds is 3. The highest BCUT2D eigenvalue weighted by atomic mass is 16.7. The largest absolute Gasteiger partial charge is 0.501 e. The van der Waals surface area contributed by atoms with E-state index in [1.54, 1.807) is 6.20 Å². The van der Waals surface area contributed by atoms with E-state index in [2.05, 4.69) is 0 Å². The second-order valence-electron chi connectivity index (χ2n) is 7.40. The Morgan fingerprint density at radius 1 is 1.17 bits per heavy atom. The normalized spacial score (nSPS) is 22.3. The molecule has 1 aromatic carbocycles. The van der Waals surface area contributed by atoms with Gasteiger partial charge in [0.1, 0.15) is 5.56 Å². The van der Waals surface area contributed by atoms with Crippen molar-refractivity contribution >= 4 is 24.3 Å². The zero-order valence-electron chi connectivity index (χ0n) is 14.3. The lowest BCUT2D eigenvalue weighted by Crippen LogP contribution is -2.55. The fourth-order valence-corrected chi connectivity index (χ4v) is 2.89. The highest BCUT2D eigenvalue weighted by Gasteiger charge is 2.58. The molecule has 6 heteroatoms. The molecule has 1 aromatic heterocycles. The molecule has 0 amide bonds. The number of hydrogen-bond acceptors (Lipinski definition) is 4. The zero-order valence-corrected chi connectivity index (χ0v) is 14.3. The highest BCUT2D eigenvalue weighted by Crippen LogP contribution is 2.41. The van der Waals surface area contributed by atoms with Gasteiger partial charge in [-0.15, -0.1) is 0 Å². The van der Waals surface area contributed by atoms with Gasteiger partial charge in [0.15, 0.2) is 6.29 Å². The van der Waals surface area contributed by atoms with Crippen molar-refractivity contribution in [2.24, 2.45) is 5.73 Å². The minimum absolute atomic E-state index is 0.464. The molecule has 0 radical (unpaired) electrons. The lowest BCUT2D eigenvalue weighted by atomic mass is 9.72. The Morgan fingerprint density at radius 2 is 1.74 bits per heavy atom. The van der Waals surface area contributed by atoms with Crippen molar-refractivity contribution in [3.8, 4) is 0 Å². The smallest absolute Gasteiger partial charge is 0.401 e. The minimum atomic E-state index is -0.952. The van der Waals surface area contributed by atoms with Crippen molar-refractivity contribution in [3.05, 3.63) is 36.0 Å². The number of fused-ring (bicyclic) bond motifs is 1. The fourth-order valence-electron chi connectivity index (χ4n) is 2.89. The number of nitrogens with two attached hydrogens (primary N) is 1. The van der Waals surface area contributed by atoms with Crippen molar-refractivity contribution in [1.82, 2.24) is 4.57 Å². The van der Waals surface area contributed by atoms with Gasteiger partial charge in [0.2, 0.25) is 0 Å². The van der Waals surface area contributed by atoms with Gasteiger partial charge in [-0.05, 0) is 40.7 Å². The molecule has 0 bridgehead atoms. The molecule has 3 rings (SSSR count). The van der Waals surface area contributed by atoms with Crippen LogP contribution in [0.15, 0.2) is 30.5 Å². The third kappa shape index (κ3) is 2.33. The lowest BCUT2D eigenvalue weighted by molar-refractivity contribution is 0.00578. The van der Waals surface area contributed by atoms with Crippen LogP contribution in [-0.4, -0.2) is 29.2 Å². The van der Waals surface area contributed by atoms with E-state index in [0.29, 0.717) is 5.56 Å². The van der Waals surface area contributed by atoms with Gasteiger partial charge in [0.05, 0.1) is 11.2 Å². The van der Waals surface area contributed by atoms with E-state index in [0.717, 1.165) is 17.2 Å². The Labute approximate surface area is 136 Å². The third-order valence-corrected chi connectivity index (χ3v) is 5.12. The molecule has 1 fully saturated rings. The number of para-hydroxylation sites is 1. The van der Waals surface area contributed by atoms with Crippen LogP contribution in [0.1, 0.15) is 45.0 Å². The Balaban J connectivity index is 2.09. The van der Waals surface area contributed by atoms with Crippen LogP contribution in [0.5, 0.6) is 0 Å². The molecule has 2 N–H and O–H groups in total. The first-order chi connectivity index (χ1) is 10.6. The Bertz CT molecular complexity index is 748. The van der Waals surface area contributed by atoms with E-state index in [9.17, 15) is 4.79 Å². The van der Waals surface area contributed by atoms with Crippen LogP contribution in [0.2, 0.25) is 0 Å². The molecule has 1 saturated heterocycles. The van der Waals surface area contributed by atoms with Crippen molar-refractivity contribution in [2.45, 2.75) is 51.4 Å². The standard InChI is InChI=1S/C17H23BN2O3/c1-15(2)16(3,4)23-18(22-15)17(5,19)20-10-12(11-21)13-8-6-7-9-14(13)20/h6-11H,19H2,1-5H3/t17-/m1/s1. The fraction of sp³-hybridized carbons (Fsp3) is 0.471. The van der Waals surface area contributed by atoms with Gasteiger partial charge >= 0.3 is 7.12 Å². The van der Waals surface area contributed by atoms with Gasteiger partial charge < -0.3 is 19.6 Å².